The molecule has 5 heterocycles. The molecule has 5 nitrogen and oxygen atoms in total. The maximum absolute atomic E-state index is 5.27. The first-order valence-corrected chi connectivity index (χ1v) is 13.1. The Kier molecular flexibility index (Phi) is 4.22. The van der Waals surface area contributed by atoms with Crippen molar-refractivity contribution in [3.8, 4) is 11.6 Å². The van der Waals surface area contributed by atoms with E-state index in [1.54, 1.807) is 0 Å². The zero-order chi connectivity index (χ0) is 23.6. The summed E-state index contributed by atoms with van der Waals surface area (Å²) < 4.78 is 6.66. The van der Waals surface area contributed by atoms with Crippen LogP contribution < -0.4 is 0 Å². The zero-order valence-corrected chi connectivity index (χ0v) is 20.1. The molecule has 0 N–H and O–H groups in total. The van der Waals surface area contributed by atoms with Crippen molar-refractivity contribution in [2.45, 2.75) is 10.9 Å². The van der Waals surface area contributed by atoms with Crippen molar-refractivity contribution in [3.63, 3.8) is 0 Å². The highest BCUT2D eigenvalue weighted by Gasteiger charge is 2.32. The fraction of sp³-hybridized carbons (Fsp3) is 0.0667. The van der Waals surface area contributed by atoms with Crippen molar-refractivity contribution >= 4 is 39.5 Å². The van der Waals surface area contributed by atoms with Gasteiger partial charge in [0.05, 0.1) is 22.2 Å². The van der Waals surface area contributed by atoms with Crippen molar-refractivity contribution in [1.82, 2.24) is 23.5 Å². The molecule has 0 spiro atoms. The van der Waals surface area contributed by atoms with Crippen LogP contribution in [0, 0.1) is 0 Å². The Balaban J connectivity index is 1.36. The van der Waals surface area contributed by atoms with E-state index in [1.807, 2.05) is 11.8 Å². The second-order valence-electron chi connectivity index (χ2n) is 9.13. The molecule has 0 fully saturated rings. The summed E-state index contributed by atoms with van der Waals surface area (Å²) in [6, 6.07) is 36.0. The second kappa shape index (κ2) is 7.60. The van der Waals surface area contributed by atoms with Crippen molar-refractivity contribution < 1.29 is 0 Å². The SMILES string of the molecule is c1ccc(C2CSc3c2nc2n(-c4cccc(-n5ccc6ccccc65)n4)c4ccccc4n32)cc1. The van der Waals surface area contributed by atoms with Gasteiger partial charge in [-0.15, -0.1) is 11.8 Å². The summed E-state index contributed by atoms with van der Waals surface area (Å²) in [4.78, 5) is 10.4. The maximum atomic E-state index is 5.27. The van der Waals surface area contributed by atoms with E-state index < -0.39 is 0 Å². The van der Waals surface area contributed by atoms with E-state index >= 15 is 0 Å². The van der Waals surface area contributed by atoms with E-state index in [4.69, 9.17) is 9.97 Å². The number of thioether (sulfide) groups is 1. The maximum Gasteiger partial charge on any atom is 0.222 e. The zero-order valence-electron chi connectivity index (χ0n) is 19.3. The van der Waals surface area contributed by atoms with E-state index in [9.17, 15) is 0 Å². The Hall–Kier alpha value is -4.29. The molecule has 1 aliphatic heterocycles. The van der Waals surface area contributed by atoms with Gasteiger partial charge in [-0.3, -0.25) is 8.97 Å². The molecule has 1 unspecified atom stereocenters. The Morgan fingerprint density at radius 3 is 2.31 bits per heavy atom. The van der Waals surface area contributed by atoms with Crippen LogP contribution in [0.4, 0.5) is 0 Å². The molecule has 8 rings (SSSR count). The summed E-state index contributed by atoms with van der Waals surface area (Å²) in [6.45, 7) is 0. The van der Waals surface area contributed by atoms with Crippen LogP contribution in [0.2, 0.25) is 0 Å². The molecule has 0 amide bonds. The van der Waals surface area contributed by atoms with Gasteiger partial charge in [0.1, 0.15) is 16.7 Å². The molecule has 0 bridgehead atoms. The van der Waals surface area contributed by atoms with E-state index in [2.05, 4.69) is 123 Å². The highest BCUT2D eigenvalue weighted by atomic mass is 32.2. The van der Waals surface area contributed by atoms with Gasteiger partial charge in [-0.25, -0.2) is 9.97 Å². The first-order valence-electron chi connectivity index (χ1n) is 12.1. The first-order chi connectivity index (χ1) is 17.9. The summed E-state index contributed by atoms with van der Waals surface area (Å²) in [5.74, 6) is 3.97. The summed E-state index contributed by atoms with van der Waals surface area (Å²) >= 11 is 1.90. The van der Waals surface area contributed by atoms with E-state index in [-0.39, 0.29) is 0 Å². The van der Waals surface area contributed by atoms with Crippen LogP contribution in [0.5, 0.6) is 0 Å². The van der Waals surface area contributed by atoms with Crippen LogP contribution in [0.3, 0.4) is 0 Å². The quantitative estimate of drug-likeness (QED) is 0.276. The predicted molar refractivity (Wildman–Crippen MR) is 146 cm³/mol. The number of aromatic nitrogens is 5. The number of pyridine rings is 1. The molecule has 0 saturated carbocycles. The van der Waals surface area contributed by atoms with Gasteiger partial charge in [-0.2, -0.15) is 0 Å². The molecule has 0 saturated heterocycles. The lowest BCUT2D eigenvalue weighted by Gasteiger charge is -2.10. The number of imidazole rings is 2. The highest BCUT2D eigenvalue weighted by molar-refractivity contribution is 7.99. The third kappa shape index (κ3) is 2.79. The van der Waals surface area contributed by atoms with Gasteiger partial charge < -0.3 is 4.57 Å². The van der Waals surface area contributed by atoms with Crippen LogP contribution in [0.15, 0.2) is 114 Å². The van der Waals surface area contributed by atoms with Crippen molar-refractivity contribution in [3.05, 3.63) is 121 Å². The fourth-order valence-electron chi connectivity index (χ4n) is 5.45. The van der Waals surface area contributed by atoms with Gasteiger partial charge >= 0.3 is 0 Å². The number of hydrogen-bond acceptors (Lipinski definition) is 3. The van der Waals surface area contributed by atoms with Crippen LogP contribution in [0.1, 0.15) is 17.2 Å². The average Bonchev–Trinajstić information content (AvgIpc) is 3.68. The van der Waals surface area contributed by atoms with E-state index in [0.29, 0.717) is 5.92 Å². The molecule has 0 radical (unpaired) electrons. The molecule has 1 aliphatic rings. The lowest BCUT2D eigenvalue weighted by molar-refractivity contribution is 0.888. The Bertz CT molecular complexity index is 1910. The monoisotopic (exact) mass is 483 g/mol. The highest BCUT2D eigenvalue weighted by Crippen LogP contribution is 2.45. The Morgan fingerprint density at radius 2 is 1.42 bits per heavy atom. The minimum Gasteiger partial charge on any atom is -0.301 e. The lowest BCUT2D eigenvalue weighted by atomic mass is 9.99. The molecular weight excluding hydrogens is 462 g/mol. The van der Waals surface area contributed by atoms with Gasteiger partial charge in [-0.05, 0) is 47.3 Å². The molecule has 1 atom stereocenters. The standard InChI is InChI=1S/C30H21N5S/c1-2-9-20(10-3-1)22-19-36-29-28(22)32-30-34(24-13-6-7-14-25(24)35(29)30)27-16-8-15-26(31-27)33-18-17-21-11-4-5-12-23(21)33/h1-18,22H,19H2. The second-order valence-corrected chi connectivity index (χ2v) is 10.1. The Labute approximate surface area is 211 Å². The van der Waals surface area contributed by atoms with Gasteiger partial charge in [-0.1, -0.05) is 66.7 Å². The fourth-order valence-corrected chi connectivity index (χ4v) is 6.77. The lowest BCUT2D eigenvalue weighted by Crippen LogP contribution is -2.04. The number of nitrogens with zero attached hydrogens (tertiary/aromatic N) is 5. The van der Waals surface area contributed by atoms with Gasteiger partial charge in [0.2, 0.25) is 5.78 Å². The molecule has 7 aromatic rings. The number of benzene rings is 3. The van der Waals surface area contributed by atoms with Crippen molar-refractivity contribution in [1.29, 1.82) is 0 Å². The third-order valence-electron chi connectivity index (χ3n) is 7.12. The molecule has 172 valence electrons. The number of hydrogen-bond donors (Lipinski definition) is 0. The van der Waals surface area contributed by atoms with Gasteiger partial charge in [0, 0.05) is 17.9 Å². The van der Waals surface area contributed by atoms with E-state index in [1.165, 1.54) is 16.0 Å². The average molecular weight is 484 g/mol. The largest absolute Gasteiger partial charge is 0.301 e. The summed E-state index contributed by atoms with van der Waals surface area (Å²) in [5.41, 5.74) is 5.88. The molecule has 4 aromatic heterocycles. The molecule has 3 aromatic carbocycles. The first kappa shape index (κ1) is 20.0. The molecule has 0 aliphatic carbocycles. The molecule has 36 heavy (non-hydrogen) atoms. The van der Waals surface area contributed by atoms with Crippen LogP contribution in [-0.2, 0) is 0 Å². The van der Waals surface area contributed by atoms with E-state index in [0.717, 1.165) is 45.4 Å². The Morgan fingerprint density at radius 1 is 0.667 bits per heavy atom. The van der Waals surface area contributed by atoms with Crippen molar-refractivity contribution in [2.75, 3.05) is 5.75 Å². The summed E-state index contributed by atoms with van der Waals surface area (Å²) in [5, 5.41) is 2.44. The third-order valence-corrected chi connectivity index (χ3v) is 8.29. The normalized spacial score (nSPS) is 15.3. The minimum atomic E-state index is 0.295. The van der Waals surface area contributed by atoms with Crippen LogP contribution >= 0.6 is 11.8 Å². The minimum absolute atomic E-state index is 0.295. The topological polar surface area (TPSA) is 40.0 Å². The number of rotatable bonds is 3. The molecular formula is C30H21N5S. The smallest absolute Gasteiger partial charge is 0.222 e. The van der Waals surface area contributed by atoms with Crippen LogP contribution in [0.25, 0.3) is 39.3 Å². The van der Waals surface area contributed by atoms with Gasteiger partial charge in [0.15, 0.2) is 0 Å². The summed E-state index contributed by atoms with van der Waals surface area (Å²) in [7, 11) is 0. The van der Waals surface area contributed by atoms with Gasteiger partial charge in [0.25, 0.3) is 0 Å². The number of fused-ring (bicyclic) bond motifs is 6. The number of para-hydroxylation sites is 3. The molecule has 6 heteroatoms. The predicted octanol–water partition coefficient (Wildman–Crippen LogP) is 6.85. The van der Waals surface area contributed by atoms with Crippen LogP contribution in [-0.4, -0.2) is 29.3 Å². The summed E-state index contributed by atoms with van der Waals surface area (Å²) in [6.07, 6.45) is 2.09. The van der Waals surface area contributed by atoms with Crippen molar-refractivity contribution in [2.24, 2.45) is 0 Å².